The van der Waals surface area contributed by atoms with Crippen LogP contribution in [0.2, 0.25) is 0 Å². The van der Waals surface area contributed by atoms with Crippen molar-refractivity contribution in [2.24, 2.45) is 29.6 Å². The van der Waals surface area contributed by atoms with Gasteiger partial charge in [0.15, 0.2) is 6.61 Å². The third-order valence-electron chi connectivity index (χ3n) is 10.4. The van der Waals surface area contributed by atoms with E-state index in [2.05, 4.69) is 10.3 Å². The van der Waals surface area contributed by atoms with Crippen molar-refractivity contribution in [2.45, 2.75) is 22.6 Å². The van der Waals surface area contributed by atoms with Gasteiger partial charge in [0.05, 0.1) is 22.5 Å². The molecule has 0 spiro atoms. The van der Waals surface area contributed by atoms with Gasteiger partial charge in [0.2, 0.25) is 11.8 Å². The maximum atomic E-state index is 13.9. The number of thiazole rings is 1. The second-order valence-corrected chi connectivity index (χ2v) is 15.0. The number of nitrogens with one attached hydrogen (secondary N) is 2. The first kappa shape index (κ1) is 28.5. The van der Waals surface area contributed by atoms with Gasteiger partial charge in [-0.1, -0.05) is 72.0 Å². The number of anilines is 2. The first-order chi connectivity index (χ1) is 22.9. The minimum atomic E-state index is -0.368. The quantitative estimate of drug-likeness (QED) is 0.208. The molecule has 2 saturated carbocycles. The van der Waals surface area contributed by atoms with E-state index in [0.29, 0.717) is 17.1 Å². The zero-order valence-corrected chi connectivity index (χ0v) is 26.6. The van der Waals surface area contributed by atoms with Crippen molar-refractivity contribution < 1.29 is 19.1 Å². The smallest absolute Gasteiger partial charge is 0.305 e. The Morgan fingerprint density at radius 3 is 2.45 bits per heavy atom. The number of hydrogen-bond acceptors (Lipinski definition) is 7. The van der Waals surface area contributed by atoms with Crippen LogP contribution in [0.3, 0.4) is 0 Å². The lowest BCUT2D eigenvalue weighted by molar-refractivity contribution is -0.123. The van der Waals surface area contributed by atoms with Crippen LogP contribution < -0.4 is 19.8 Å². The van der Waals surface area contributed by atoms with E-state index in [1.807, 2.05) is 97.1 Å². The summed E-state index contributed by atoms with van der Waals surface area (Å²) in [6, 6.07) is 30.7. The molecule has 10 heteroatoms. The van der Waals surface area contributed by atoms with Crippen molar-refractivity contribution in [2.75, 3.05) is 16.8 Å². The number of thioether (sulfide) groups is 1. The van der Waals surface area contributed by atoms with Gasteiger partial charge in [0.25, 0.3) is 5.91 Å². The van der Waals surface area contributed by atoms with Crippen LogP contribution in [0.4, 0.5) is 11.4 Å². The third kappa shape index (κ3) is 4.57. The minimum absolute atomic E-state index is 0.0142. The van der Waals surface area contributed by atoms with Gasteiger partial charge in [-0.05, 0) is 76.9 Å². The number of rotatable bonds is 6. The van der Waals surface area contributed by atoms with Crippen LogP contribution in [0.25, 0.3) is 10.8 Å². The highest BCUT2D eigenvalue weighted by Crippen LogP contribution is 2.68. The molecule has 2 aliphatic heterocycles. The predicted octanol–water partition coefficient (Wildman–Crippen LogP) is 6.29. The summed E-state index contributed by atoms with van der Waals surface area (Å²) >= 11 is 2.89. The highest BCUT2D eigenvalue weighted by atomic mass is 32.2. The summed E-state index contributed by atoms with van der Waals surface area (Å²) in [5, 5.41) is 6.01. The molecule has 2 N–H and O–H groups in total. The molecule has 1 aromatic heterocycles. The fraction of sp³-hybridized carbons (Fsp3) is 0.243. The van der Waals surface area contributed by atoms with Gasteiger partial charge in [-0.25, -0.2) is 0 Å². The Morgan fingerprint density at radius 2 is 1.62 bits per heavy atom. The van der Waals surface area contributed by atoms with Crippen molar-refractivity contribution in [3.8, 4) is 5.75 Å². The largest absolute Gasteiger partial charge is 0.484 e. The maximum Gasteiger partial charge on any atom is 0.305 e. The molecule has 4 aliphatic rings. The fourth-order valence-electron chi connectivity index (χ4n) is 8.63. The number of imide groups is 1. The van der Waals surface area contributed by atoms with Gasteiger partial charge >= 0.3 is 4.87 Å². The van der Waals surface area contributed by atoms with Crippen molar-refractivity contribution in [3.63, 3.8) is 0 Å². The normalized spacial score (nSPS) is 27.1. The second-order valence-electron chi connectivity index (χ2n) is 12.8. The number of ether oxygens (including phenoxy) is 1. The van der Waals surface area contributed by atoms with Gasteiger partial charge in [-0.15, -0.1) is 11.8 Å². The lowest BCUT2D eigenvalue weighted by Crippen LogP contribution is -2.42. The number of carbonyl (C=O) groups is 3. The number of aromatic amines is 1. The Labute approximate surface area is 278 Å². The average Bonchev–Trinajstić information content (AvgIpc) is 3.83. The maximum absolute atomic E-state index is 13.9. The van der Waals surface area contributed by atoms with E-state index < -0.39 is 0 Å². The summed E-state index contributed by atoms with van der Waals surface area (Å²) in [4.78, 5) is 58.6. The predicted molar refractivity (Wildman–Crippen MR) is 182 cm³/mol. The summed E-state index contributed by atoms with van der Waals surface area (Å²) < 4.78 is 6.00. The summed E-state index contributed by atoms with van der Waals surface area (Å²) in [5.41, 5.74) is 2.30. The van der Waals surface area contributed by atoms with E-state index in [0.717, 1.165) is 32.7 Å². The fourth-order valence-corrected chi connectivity index (χ4v) is 11.5. The van der Waals surface area contributed by atoms with Gasteiger partial charge in [0, 0.05) is 21.7 Å². The van der Waals surface area contributed by atoms with Gasteiger partial charge in [-0.3, -0.25) is 24.1 Å². The SMILES string of the molecule is O=C(COc1cccc([C@@H]2c3sc(=O)[nH]c3S[C@@H]3[C@@H]4C[C@@H]([C@@H]5C(=O)N(c6ccccc6)C(=O)[C@@H]45)[C@H]23)c1)Nc1ccc2ccccc2c1. The first-order valence-electron chi connectivity index (χ1n) is 15.8. The Morgan fingerprint density at radius 1 is 0.851 bits per heavy atom. The van der Waals surface area contributed by atoms with Crippen LogP contribution >= 0.6 is 23.1 Å². The molecule has 8 nitrogen and oxygen atoms in total. The number of fused-ring (bicyclic) bond motifs is 10. The molecular weight excluding hydrogens is 631 g/mol. The lowest BCUT2D eigenvalue weighted by atomic mass is 9.68. The molecule has 1 saturated heterocycles. The number of carbonyl (C=O) groups excluding carboxylic acids is 3. The monoisotopic (exact) mass is 659 g/mol. The van der Waals surface area contributed by atoms with Crippen LogP contribution in [-0.2, 0) is 14.4 Å². The van der Waals surface area contributed by atoms with E-state index in [9.17, 15) is 19.2 Å². The molecule has 9 rings (SSSR count). The molecule has 2 aliphatic carbocycles. The highest BCUT2D eigenvalue weighted by molar-refractivity contribution is 8.00. The average molecular weight is 660 g/mol. The van der Waals surface area contributed by atoms with Gasteiger partial charge < -0.3 is 15.0 Å². The second kappa shape index (κ2) is 11.0. The van der Waals surface area contributed by atoms with E-state index in [1.54, 1.807) is 11.8 Å². The number of aromatic nitrogens is 1. The van der Waals surface area contributed by atoms with Crippen LogP contribution in [0.1, 0.15) is 22.8 Å². The molecular formula is C37H29N3O5S2. The Bertz CT molecular complexity index is 2140. The summed E-state index contributed by atoms with van der Waals surface area (Å²) in [6.07, 6.45) is 0.818. The highest BCUT2D eigenvalue weighted by Gasteiger charge is 2.69. The number of para-hydroxylation sites is 1. The van der Waals surface area contributed by atoms with Gasteiger partial charge in [0.1, 0.15) is 5.75 Å². The lowest BCUT2D eigenvalue weighted by Gasteiger charge is -2.43. The Hall–Kier alpha value is -4.67. The molecule has 47 heavy (non-hydrogen) atoms. The zero-order chi connectivity index (χ0) is 31.8. The van der Waals surface area contributed by atoms with Crippen molar-refractivity contribution in [1.82, 2.24) is 4.98 Å². The molecule has 3 heterocycles. The van der Waals surface area contributed by atoms with Crippen molar-refractivity contribution in [1.29, 1.82) is 0 Å². The van der Waals surface area contributed by atoms with Crippen LogP contribution in [-0.4, -0.2) is 34.6 Å². The number of benzene rings is 4. The Kier molecular flexibility index (Phi) is 6.65. The molecule has 4 aromatic carbocycles. The standard InChI is InChI=1S/C37H29N3O5S2/c41-27(38-22-14-13-19-7-4-5-8-20(19)15-22)18-45-24-12-6-9-21(16-24)28-29-25-17-26(32(29)46-34-33(28)47-37(44)39-34)31-30(25)35(42)40(36(31)43)23-10-2-1-3-11-23/h1-16,25-26,28-32H,17-18H2,(H,38,41)(H,39,44)/t25-,26-,28+,29-,30+,31+,32-/m1/s1. The van der Waals surface area contributed by atoms with Crippen molar-refractivity contribution >= 4 is 63.0 Å². The van der Waals surface area contributed by atoms with Gasteiger partial charge in [-0.2, -0.15) is 0 Å². The van der Waals surface area contributed by atoms with Crippen LogP contribution in [0.15, 0.2) is 107 Å². The molecule has 234 valence electrons. The topological polar surface area (TPSA) is 109 Å². The summed E-state index contributed by atoms with van der Waals surface area (Å²) in [6.45, 7) is -0.161. The van der Waals surface area contributed by atoms with Crippen LogP contribution in [0, 0.1) is 29.6 Å². The number of hydrogen-bond donors (Lipinski definition) is 2. The van der Waals surface area contributed by atoms with E-state index in [4.69, 9.17) is 4.74 Å². The number of nitrogens with zero attached hydrogens (tertiary/aromatic N) is 1. The van der Waals surface area contributed by atoms with E-state index in [1.165, 1.54) is 16.2 Å². The first-order valence-corrected chi connectivity index (χ1v) is 17.5. The zero-order valence-electron chi connectivity index (χ0n) is 25.0. The summed E-state index contributed by atoms with van der Waals surface area (Å²) in [5.74, 6) is -0.639. The molecule has 7 atom stereocenters. The minimum Gasteiger partial charge on any atom is -0.484 e. The van der Waals surface area contributed by atoms with Crippen molar-refractivity contribution in [3.05, 3.63) is 117 Å². The molecule has 0 radical (unpaired) electrons. The third-order valence-corrected chi connectivity index (χ3v) is 12.9. The molecule has 2 bridgehead atoms. The van der Waals surface area contributed by atoms with Crippen LogP contribution in [0.5, 0.6) is 5.75 Å². The van der Waals surface area contributed by atoms with E-state index >= 15 is 0 Å². The molecule has 0 unspecified atom stereocenters. The molecule has 5 aromatic rings. The van der Waals surface area contributed by atoms with E-state index in [-0.39, 0.29) is 70.0 Å². The number of H-pyrrole nitrogens is 1. The Balaban J connectivity index is 0.989. The summed E-state index contributed by atoms with van der Waals surface area (Å²) in [7, 11) is 0. The molecule has 3 amide bonds. The number of amides is 3. The molecule has 3 fully saturated rings.